The van der Waals surface area contributed by atoms with Crippen molar-refractivity contribution in [3.05, 3.63) is 29.8 Å². The van der Waals surface area contributed by atoms with Gasteiger partial charge in [0.25, 0.3) is 0 Å². The standard InChI is InChI=1S/C13H19NS.ClH/c1-4-13(5-2)11-8-6-7-9-12(11)15-10(3)14-13;/h6-10,14H,4-5H2,1-3H3;1H. The van der Waals surface area contributed by atoms with Crippen LogP contribution >= 0.6 is 24.2 Å². The Morgan fingerprint density at radius 1 is 1.25 bits per heavy atom. The van der Waals surface area contributed by atoms with Crippen LogP contribution < -0.4 is 5.32 Å². The minimum absolute atomic E-state index is 0. The van der Waals surface area contributed by atoms with Gasteiger partial charge in [-0.2, -0.15) is 0 Å². The van der Waals surface area contributed by atoms with Gasteiger partial charge in [-0.3, -0.25) is 5.32 Å². The van der Waals surface area contributed by atoms with Crippen LogP contribution in [0, 0.1) is 0 Å². The zero-order chi connectivity index (χ0) is 10.9. The van der Waals surface area contributed by atoms with Crippen molar-refractivity contribution in [1.29, 1.82) is 0 Å². The fraction of sp³-hybridized carbons (Fsp3) is 0.538. The molecule has 1 unspecified atom stereocenters. The third-order valence-electron chi connectivity index (χ3n) is 3.39. The highest BCUT2D eigenvalue weighted by molar-refractivity contribution is 8.00. The number of hydrogen-bond donors (Lipinski definition) is 1. The van der Waals surface area contributed by atoms with Gasteiger partial charge >= 0.3 is 0 Å². The number of rotatable bonds is 2. The predicted octanol–water partition coefficient (Wildman–Crippen LogP) is 4.17. The molecule has 3 heteroatoms. The monoisotopic (exact) mass is 257 g/mol. The summed E-state index contributed by atoms with van der Waals surface area (Å²) in [4.78, 5) is 1.45. The number of thioether (sulfide) groups is 1. The van der Waals surface area contributed by atoms with Crippen molar-refractivity contribution in [1.82, 2.24) is 5.32 Å². The van der Waals surface area contributed by atoms with Crippen molar-refractivity contribution in [2.75, 3.05) is 0 Å². The molecule has 0 bridgehead atoms. The Kier molecular flexibility index (Phi) is 4.72. The van der Waals surface area contributed by atoms with Crippen molar-refractivity contribution in [2.24, 2.45) is 0 Å². The molecule has 1 aromatic carbocycles. The average Bonchev–Trinajstić information content (AvgIpc) is 2.27. The van der Waals surface area contributed by atoms with Crippen LogP contribution in [0.3, 0.4) is 0 Å². The van der Waals surface area contributed by atoms with Gasteiger partial charge in [-0.1, -0.05) is 32.0 Å². The number of halogens is 1. The van der Waals surface area contributed by atoms with E-state index in [1.165, 1.54) is 10.5 Å². The van der Waals surface area contributed by atoms with Crippen molar-refractivity contribution < 1.29 is 0 Å². The second kappa shape index (κ2) is 5.44. The van der Waals surface area contributed by atoms with Crippen LogP contribution in [0.15, 0.2) is 29.2 Å². The van der Waals surface area contributed by atoms with E-state index in [4.69, 9.17) is 0 Å². The van der Waals surface area contributed by atoms with Gasteiger partial charge in [0.15, 0.2) is 0 Å². The first kappa shape index (κ1) is 13.9. The van der Waals surface area contributed by atoms with Crippen LogP contribution in [0.5, 0.6) is 0 Å². The highest BCUT2D eigenvalue weighted by Crippen LogP contribution is 2.42. The lowest BCUT2D eigenvalue weighted by Gasteiger charge is -2.41. The first-order valence-corrected chi connectivity index (χ1v) is 6.63. The normalized spacial score (nSPS) is 22.1. The summed E-state index contributed by atoms with van der Waals surface area (Å²) < 4.78 is 0. The van der Waals surface area contributed by atoms with Crippen molar-refractivity contribution in [3.8, 4) is 0 Å². The van der Waals surface area contributed by atoms with Crippen LogP contribution in [0.1, 0.15) is 39.2 Å². The number of fused-ring (bicyclic) bond motifs is 1. The summed E-state index contributed by atoms with van der Waals surface area (Å²) >= 11 is 1.93. The Bertz CT molecular complexity index is 350. The van der Waals surface area contributed by atoms with Crippen LogP contribution in [-0.4, -0.2) is 5.37 Å². The van der Waals surface area contributed by atoms with Crippen molar-refractivity contribution in [3.63, 3.8) is 0 Å². The van der Waals surface area contributed by atoms with E-state index in [2.05, 4.69) is 50.4 Å². The Morgan fingerprint density at radius 2 is 1.88 bits per heavy atom. The molecule has 1 nitrogen and oxygen atoms in total. The van der Waals surface area contributed by atoms with E-state index in [0.717, 1.165) is 12.8 Å². The van der Waals surface area contributed by atoms with Crippen LogP contribution in [-0.2, 0) is 5.54 Å². The SMILES string of the molecule is CCC1(CC)NC(C)Sc2ccccc21.Cl. The third-order valence-corrected chi connectivity index (χ3v) is 4.47. The van der Waals surface area contributed by atoms with Crippen LogP contribution in [0.4, 0.5) is 0 Å². The first-order chi connectivity index (χ1) is 7.22. The van der Waals surface area contributed by atoms with Crippen molar-refractivity contribution >= 4 is 24.2 Å². The van der Waals surface area contributed by atoms with E-state index in [1.54, 1.807) is 0 Å². The highest BCUT2D eigenvalue weighted by Gasteiger charge is 2.35. The molecular formula is C13H20ClNS. The second-order valence-electron chi connectivity index (χ2n) is 4.19. The smallest absolute Gasteiger partial charge is 0.0557 e. The van der Waals surface area contributed by atoms with Crippen molar-refractivity contribution in [2.45, 2.75) is 49.4 Å². The predicted molar refractivity (Wildman–Crippen MR) is 74.4 cm³/mol. The maximum atomic E-state index is 3.75. The van der Waals surface area contributed by atoms with E-state index < -0.39 is 0 Å². The highest BCUT2D eigenvalue weighted by atomic mass is 35.5. The minimum Gasteiger partial charge on any atom is -0.296 e. The lowest BCUT2D eigenvalue weighted by atomic mass is 9.84. The van der Waals surface area contributed by atoms with Crippen LogP contribution in [0.2, 0.25) is 0 Å². The Hall–Kier alpha value is -0.180. The molecule has 1 aliphatic rings. The molecule has 1 heterocycles. The van der Waals surface area contributed by atoms with E-state index in [-0.39, 0.29) is 17.9 Å². The third kappa shape index (κ3) is 2.24. The molecule has 1 aliphatic heterocycles. The molecule has 0 amide bonds. The van der Waals surface area contributed by atoms with Gasteiger partial charge in [0.2, 0.25) is 0 Å². The molecule has 0 fully saturated rings. The van der Waals surface area contributed by atoms with Gasteiger partial charge in [0, 0.05) is 10.4 Å². The molecule has 1 atom stereocenters. The summed E-state index contributed by atoms with van der Waals surface area (Å²) in [7, 11) is 0. The molecule has 0 saturated carbocycles. The molecule has 16 heavy (non-hydrogen) atoms. The van der Waals surface area contributed by atoms with Gasteiger partial charge < -0.3 is 0 Å². The number of benzene rings is 1. The van der Waals surface area contributed by atoms with Gasteiger partial charge in [-0.15, -0.1) is 24.2 Å². The number of hydrogen-bond acceptors (Lipinski definition) is 2. The summed E-state index contributed by atoms with van der Waals surface area (Å²) in [5.74, 6) is 0. The van der Waals surface area contributed by atoms with Gasteiger partial charge in [-0.25, -0.2) is 0 Å². The lowest BCUT2D eigenvalue weighted by molar-refractivity contribution is 0.295. The maximum absolute atomic E-state index is 3.75. The minimum atomic E-state index is 0. The Balaban J connectivity index is 0.00000128. The summed E-state index contributed by atoms with van der Waals surface area (Å²) in [6.45, 7) is 6.80. The fourth-order valence-corrected chi connectivity index (χ4v) is 3.70. The second-order valence-corrected chi connectivity index (χ2v) is 5.57. The first-order valence-electron chi connectivity index (χ1n) is 5.75. The van der Waals surface area contributed by atoms with Gasteiger partial charge in [0.1, 0.15) is 0 Å². The zero-order valence-corrected chi connectivity index (χ0v) is 11.8. The van der Waals surface area contributed by atoms with E-state index in [9.17, 15) is 0 Å². The maximum Gasteiger partial charge on any atom is 0.0557 e. The molecule has 0 spiro atoms. The van der Waals surface area contributed by atoms with E-state index in [1.807, 2.05) is 11.8 Å². The van der Waals surface area contributed by atoms with E-state index >= 15 is 0 Å². The fourth-order valence-electron chi connectivity index (χ4n) is 2.49. The summed E-state index contributed by atoms with van der Waals surface area (Å²) in [6.07, 6.45) is 2.32. The molecule has 2 rings (SSSR count). The topological polar surface area (TPSA) is 12.0 Å². The molecule has 90 valence electrons. The molecule has 0 aromatic heterocycles. The molecule has 1 N–H and O–H groups in total. The molecule has 1 aromatic rings. The Morgan fingerprint density at radius 3 is 2.50 bits per heavy atom. The summed E-state index contributed by atoms with van der Waals surface area (Å²) in [6, 6.07) is 8.81. The quantitative estimate of drug-likeness (QED) is 0.854. The number of nitrogens with one attached hydrogen (secondary N) is 1. The van der Waals surface area contributed by atoms with Crippen LogP contribution in [0.25, 0.3) is 0 Å². The van der Waals surface area contributed by atoms with E-state index in [0.29, 0.717) is 5.37 Å². The molecule has 0 saturated heterocycles. The average molecular weight is 258 g/mol. The van der Waals surface area contributed by atoms with Gasteiger partial charge in [0.05, 0.1) is 5.37 Å². The summed E-state index contributed by atoms with van der Waals surface area (Å²) in [5.41, 5.74) is 1.68. The van der Waals surface area contributed by atoms with Gasteiger partial charge in [-0.05, 0) is 31.4 Å². The zero-order valence-electron chi connectivity index (χ0n) is 10.1. The largest absolute Gasteiger partial charge is 0.296 e. The Labute approximate surface area is 109 Å². The summed E-state index contributed by atoms with van der Waals surface area (Å²) in [5, 5.41) is 4.26. The molecular weight excluding hydrogens is 238 g/mol. The molecule has 0 aliphatic carbocycles. The lowest BCUT2D eigenvalue weighted by Crippen LogP contribution is -2.48. The molecule has 0 radical (unpaired) electrons.